The van der Waals surface area contributed by atoms with E-state index in [4.69, 9.17) is 4.99 Å². The molecular weight excluding hydrogens is 385 g/mol. The molecule has 0 aliphatic carbocycles. The molecule has 110 valence electrons. The van der Waals surface area contributed by atoms with Gasteiger partial charge in [-0.25, -0.2) is 4.98 Å². The number of halogens is 1. The van der Waals surface area contributed by atoms with Crippen LogP contribution in [-0.2, 0) is 6.42 Å². The minimum atomic E-state index is -0.0863. The number of hydrogen-bond donors (Lipinski definition) is 0. The van der Waals surface area contributed by atoms with Crippen molar-refractivity contribution in [3.8, 4) is 0 Å². The summed E-state index contributed by atoms with van der Waals surface area (Å²) in [5.41, 5.74) is 5.56. The van der Waals surface area contributed by atoms with Crippen molar-refractivity contribution in [1.82, 2.24) is 9.38 Å². The predicted molar refractivity (Wildman–Crippen MR) is 97.8 cm³/mol. The van der Waals surface area contributed by atoms with Crippen molar-refractivity contribution in [1.29, 1.82) is 0 Å². The van der Waals surface area contributed by atoms with Crippen LogP contribution in [-0.4, -0.2) is 20.6 Å². The Morgan fingerprint density at radius 1 is 1.18 bits per heavy atom. The van der Waals surface area contributed by atoms with Gasteiger partial charge in [0.2, 0.25) is 0 Å². The summed E-state index contributed by atoms with van der Waals surface area (Å²) in [5.74, 6) is 0. The molecule has 2 aromatic heterocycles. The van der Waals surface area contributed by atoms with Gasteiger partial charge in [-0.1, -0.05) is 24.3 Å². The van der Waals surface area contributed by atoms with Crippen LogP contribution >= 0.6 is 22.6 Å². The molecule has 0 saturated carbocycles. The molecule has 0 radical (unpaired) electrons. The van der Waals surface area contributed by atoms with Crippen LogP contribution in [0.4, 0.5) is 0 Å². The lowest BCUT2D eigenvalue weighted by Crippen LogP contribution is -2.29. The number of hydrogen-bond acceptors (Lipinski definition) is 2. The van der Waals surface area contributed by atoms with E-state index in [1.54, 1.807) is 0 Å². The van der Waals surface area contributed by atoms with E-state index in [1.807, 2.05) is 6.20 Å². The first-order valence-electron chi connectivity index (χ1n) is 7.35. The monoisotopic (exact) mass is 401 g/mol. The van der Waals surface area contributed by atoms with Crippen molar-refractivity contribution < 1.29 is 0 Å². The summed E-state index contributed by atoms with van der Waals surface area (Å²) in [4.78, 5) is 9.58. The average Bonchev–Trinajstić information content (AvgIpc) is 2.88. The lowest BCUT2D eigenvalue weighted by molar-refractivity contribution is 0.513. The third kappa shape index (κ3) is 2.26. The number of rotatable bonds is 1. The van der Waals surface area contributed by atoms with Crippen molar-refractivity contribution in [3.63, 3.8) is 0 Å². The van der Waals surface area contributed by atoms with E-state index < -0.39 is 0 Å². The second-order valence-electron chi connectivity index (χ2n) is 6.32. The third-order valence-electron chi connectivity index (χ3n) is 4.03. The molecule has 0 amide bonds. The van der Waals surface area contributed by atoms with Crippen molar-refractivity contribution in [2.24, 2.45) is 4.99 Å². The van der Waals surface area contributed by atoms with E-state index in [-0.39, 0.29) is 5.54 Å². The second-order valence-corrected chi connectivity index (χ2v) is 7.57. The van der Waals surface area contributed by atoms with Crippen LogP contribution in [0.1, 0.15) is 30.7 Å². The maximum atomic E-state index is 5.02. The van der Waals surface area contributed by atoms with E-state index in [0.717, 1.165) is 23.5 Å². The van der Waals surface area contributed by atoms with Gasteiger partial charge in [-0.3, -0.25) is 9.39 Å². The number of fused-ring (bicyclic) bond motifs is 2. The van der Waals surface area contributed by atoms with Gasteiger partial charge in [-0.05, 0) is 60.6 Å². The first-order valence-corrected chi connectivity index (χ1v) is 8.42. The fourth-order valence-electron chi connectivity index (χ4n) is 3.10. The zero-order valence-corrected chi connectivity index (χ0v) is 14.7. The minimum absolute atomic E-state index is 0.0863. The van der Waals surface area contributed by atoms with Crippen LogP contribution in [0.5, 0.6) is 0 Å². The fourth-order valence-corrected chi connectivity index (χ4v) is 3.54. The number of nitrogens with zero attached hydrogens (tertiary/aromatic N) is 3. The summed E-state index contributed by atoms with van der Waals surface area (Å²) in [6.45, 7) is 4.38. The van der Waals surface area contributed by atoms with Gasteiger partial charge in [-0.2, -0.15) is 0 Å². The summed E-state index contributed by atoms with van der Waals surface area (Å²) >= 11 is 2.31. The molecule has 0 unspecified atom stereocenters. The maximum Gasteiger partial charge on any atom is 0.138 e. The molecule has 3 aromatic rings. The molecule has 22 heavy (non-hydrogen) atoms. The summed E-state index contributed by atoms with van der Waals surface area (Å²) in [6, 6.07) is 12.7. The second kappa shape index (κ2) is 4.91. The average molecular weight is 401 g/mol. The van der Waals surface area contributed by atoms with Crippen LogP contribution in [0, 0.1) is 3.57 Å². The highest BCUT2D eigenvalue weighted by atomic mass is 127. The Labute approximate surface area is 143 Å². The van der Waals surface area contributed by atoms with E-state index in [1.165, 1.54) is 14.7 Å². The summed E-state index contributed by atoms with van der Waals surface area (Å²) in [5, 5.41) is 0. The van der Waals surface area contributed by atoms with Gasteiger partial charge >= 0.3 is 0 Å². The van der Waals surface area contributed by atoms with Gasteiger partial charge in [0, 0.05) is 15.3 Å². The predicted octanol–water partition coefficient (Wildman–Crippen LogP) is 4.11. The van der Waals surface area contributed by atoms with Crippen LogP contribution in [0.15, 0.2) is 53.8 Å². The maximum absolute atomic E-state index is 5.02. The Hall–Kier alpha value is -1.69. The van der Waals surface area contributed by atoms with E-state index in [0.29, 0.717) is 0 Å². The molecule has 0 saturated heterocycles. The van der Waals surface area contributed by atoms with Gasteiger partial charge in [0.25, 0.3) is 0 Å². The standard InChI is InChI=1S/C18H16IN3/c1-18(2)10-12-5-3-4-6-14(12)17(21-18)15-11-20-16-9-13(19)7-8-22(15)16/h3-9,11H,10H2,1-2H3. The first-order chi connectivity index (χ1) is 10.5. The van der Waals surface area contributed by atoms with E-state index >= 15 is 0 Å². The molecule has 4 heteroatoms. The van der Waals surface area contributed by atoms with Crippen LogP contribution in [0.3, 0.4) is 0 Å². The molecule has 0 atom stereocenters. The Balaban J connectivity index is 1.98. The molecule has 4 rings (SSSR count). The van der Waals surface area contributed by atoms with Gasteiger partial charge in [0.1, 0.15) is 5.65 Å². The van der Waals surface area contributed by atoms with Crippen molar-refractivity contribution >= 4 is 33.9 Å². The van der Waals surface area contributed by atoms with Gasteiger partial charge in [-0.15, -0.1) is 0 Å². The molecule has 0 bridgehead atoms. The van der Waals surface area contributed by atoms with E-state index in [2.05, 4.69) is 88.4 Å². The normalized spacial score (nSPS) is 16.4. The number of aliphatic imine (C=N–C) groups is 1. The smallest absolute Gasteiger partial charge is 0.138 e. The Bertz CT molecular complexity index is 906. The molecule has 1 aliphatic rings. The molecule has 1 aliphatic heterocycles. The minimum Gasteiger partial charge on any atom is -0.298 e. The molecule has 0 N–H and O–H groups in total. The zero-order chi connectivity index (χ0) is 15.3. The van der Waals surface area contributed by atoms with Gasteiger partial charge in [0.05, 0.1) is 23.1 Å². The van der Waals surface area contributed by atoms with Crippen LogP contribution < -0.4 is 0 Å². The van der Waals surface area contributed by atoms with E-state index in [9.17, 15) is 0 Å². The van der Waals surface area contributed by atoms with Crippen molar-refractivity contribution in [2.45, 2.75) is 25.8 Å². The van der Waals surface area contributed by atoms with Crippen LogP contribution in [0.2, 0.25) is 0 Å². The largest absolute Gasteiger partial charge is 0.298 e. The van der Waals surface area contributed by atoms with Gasteiger partial charge in [0.15, 0.2) is 0 Å². The quantitative estimate of drug-likeness (QED) is 0.565. The highest BCUT2D eigenvalue weighted by molar-refractivity contribution is 14.1. The zero-order valence-electron chi connectivity index (χ0n) is 12.5. The Morgan fingerprint density at radius 2 is 2.00 bits per heavy atom. The number of aromatic nitrogens is 2. The lowest BCUT2D eigenvalue weighted by Gasteiger charge is -2.28. The van der Waals surface area contributed by atoms with Crippen molar-refractivity contribution in [3.05, 3.63) is 69.2 Å². The lowest BCUT2D eigenvalue weighted by atomic mass is 9.86. The third-order valence-corrected chi connectivity index (χ3v) is 4.70. The summed E-state index contributed by atoms with van der Waals surface area (Å²) in [7, 11) is 0. The van der Waals surface area contributed by atoms with Crippen molar-refractivity contribution in [2.75, 3.05) is 0 Å². The molecule has 0 spiro atoms. The molecule has 3 heterocycles. The Morgan fingerprint density at radius 3 is 2.86 bits per heavy atom. The topological polar surface area (TPSA) is 29.7 Å². The summed E-state index contributed by atoms with van der Waals surface area (Å²) < 4.78 is 3.31. The SMILES string of the molecule is CC1(C)Cc2ccccc2C(c2cnc3cc(I)ccn23)=N1. The highest BCUT2D eigenvalue weighted by Crippen LogP contribution is 2.29. The number of benzene rings is 1. The van der Waals surface area contributed by atoms with Gasteiger partial charge < -0.3 is 0 Å². The molecule has 1 aromatic carbocycles. The van der Waals surface area contributed by atoms with Crippen LogP contribution in [0.25, 0.3) is 5.65 Å². The molecule has 0 fully saturated rings. The first kappa shape index (κ1) is 13.9. The molecule has 3 nitrogen and oxygen atoms in total. The Kier molecular flexibility index (Phi) is 3.11. The highest BCUT2D eigenvalue weighted by Gasteiger charge is 2.28. The molecular formula is C18H16IN3. The fraction of sp³-hybridized carbons (Fsp3) is 0.222. The number of imidazole rings is 1. The number of pyridine rings is 1. The summed E-state index contributed by atoms with van der Waals surface area (Å²) in [6.07, 6.45) is 4.98.